The molecular formula is C18H39N5. The molecule has 0 saturated carbocycles. The molecule has 23 heavy (non-hydrogen) atoms. The van der Waals surface area contributed by atoms with Crippen molar-refractivity contribution in [2.75, 3.05) is 59.4 Å². The lowest BCUT2D eigenvalue weighted by Gasteiger charge is -2.32. The van der Waals surface area contributed by atoms with Crippen molar-refractivity contribution in [1.82, 2.24) is 20.4 Å². The zero-order valence-corrected chi connectivity index (χ0v) is 15.9. The molecule has 1 saturated heterocycles. The van der Waals surface area contributed by atoms with Crippen LogP contribution in [-0.2, 0) is 0 Å². The van der Waals surface area contributed by atoms with Gasteiger partial charge in [0, 0.05) is 45.8 Å². The van der Waals surface area contributed by atoms with Gasteiger partial charge in [-0.05, 0) is 52.1 Å². The number of rotatable bonds is 10. The van der Waals surface area contributed by atoms with Crippen molar-refractivity contribution in [2.45, 2.75) is 46.5 Å². The van der Waals surface area contributed by atoms with Crippen molar-refractivity contribution in [3.05, 3.63) is 0 Å². The summed E-state index contributed by atoms with van der Waals surface area (Å²) >= 11 is 0. The molecule has 5 heteroatoms. The first kappa shape index (κ1) is 20.2. The second-order valence-corrected chi connectivity index (χ2v) is 7.08. The number of guanidine groups is 1. The van der Waals surface area contributed by atoms with Crippen molar-refractivity contribution < 1.29 is 0 Å². The molecule has 1 rings (SSSR count). The summed E-state index contributed by atoms with van der Waals surface area (Å²) in [5.41, 5.74) is 0. The second-order valence-electron chi connectivity index (χ2n) is 7.08. The highest BCUT2D eigenvalue weighted by molar-refractivity contribution is 5.79. The third-order valence-corrected chi connectivity index (χ3v) is 4.34. The van der Waals surface area contributed by atoms with Crippen LogP contribution in [0, 0.1) is 5.92 Å². The van der Waals surface area contributed by atoms with Gasteiger partial charge >= 0.3 is 0 Å². The van der Waals surface area contributed by atoms with E-state index in [1.807, 2.05) is 0 Å². The SMILES string of the molecule is CCNC(=NCCCC(C)C)NCCCCN1CCN(C)CC1. The summed E-state index contributed by atoms with van der Waals surface area (Å²) in [6.45, 7) is 15.7. The number of hydrogen-bond acceptors (Lipinski definition) is 3. The summed E-state index contributed by atoms with van der Waals surface area (Å²) in [7, 11) is 2.21. The van der Waals surface area contributed by atoms with Crippen molar-refractivity contribution in [2.24, 2.45) is 10.9 Å². The molecule has 5 nitrogen and oxygen atoms in total. The molecule has 1 fully saturated rings. The van der Waals surface area contributed by atoms with E-state index in [2.05, 4.69) is 53.2 Å². The van der Waals surface area contributed by atoms with E-state index in [0.29, 0.717) is 0 Å². The Kier molecular flexibility index (Phi) is 11.1. The topological polar surface area (TPSA) is 42.9 Å². The van der Waals surface area contributed by atoms with Crippen LogP contribution in [0.1, 0.15) is 46.5 Å². The number of unbranched alkanes of at least 4 members (excludes halogenated alkanes) is 1. The average molecular weight is 326 g/mol. The molecule has 0 aromatic rings. The van der Waals surface area contributed by atoms with Gasteiger partial charge in [-0.3, -0.25) is 4.99 Å². The quantitative estimate of drug-likeness (QED) is 0.366. The minimum absolute atomic E-state index is 0.773. The Bertz CT molecular complexity index is 309. The lowest BCUT2D eigenvalue weighted by molar-refractivity contribution is 0.152. The van der Waals surface area contributed by atoms with Crippen LogP contribution in [-0.4, -0.2) is 75.2 Å². The fraction of sp³-hybridized carbons (Fsp3) is 0.944. The van der Waals surface area contributed by atoms with Gasteiger partial charge in [0.1, 0.15) is 0 Å². The van der Waals surface area contributed by atoms with Crippen LogP contribution in [0.25, 0.3) is 0 Å². The maximum Gasteiger partial charge on any atom is 0.191 e. The van der Waals surface area contributed by atoms with Gasteiger partial charge in [-0.15, -0.1) is 0 Å². The van der Waals surface area contributed by atoms with Crippen LogP contribution in [0.5, 0.6) is 0 Å². The minimum Gasteiger partial charge on any atom is -0.357 e. The fourth-order valence-electron chi connectivity index (χ4n) is 2.77. The summed E-state index contributed by atoms with van der Waals surface area (Å²) < 4.78 is 0. The van der Waals surface area contributed by atoms with Crippen LogP contribution in [0.3, 0.4) is 0 Å². The fourth-order valence-corrected chi connectivity index (χ4v) is 2.77. The molecule has 2 N–H and O–H groups in total. The van der Waals surface area contributed by atoms with Gasteiger partial charge in [-0.25, -0.2) is 0 Å². The van der Waals surface area contributed by atoms with Gasteiger partial charge in [0.25, 0.3) is 0 Å². The van der Waals surface area contributed by atoms with E-state index in [4.69, 9.17) is 0 Å². The third-order valence-electron chi connectivity index (χ3n) is 4.34. The predicted octanol–water partition coefficient (Wildman–Crippen LogP) is 2.01. The van der Waals surface area contributed by atoms with Gasteiger partial charge in [-0.2, -0.15) is 0 Å². The molecule has 0 spiro atoms. The molecule has 1 heterocycles. The van der Waals surface area contributed by atoms with E-state index in [1.165, 1.54) is 58.4 Å². The van der Waals surface area contributed by atoms with Gasteiger partial charge in [0.15, 0.2) is 5.96 Å². The second kappa shape index (κ2) is 12.6. The largest absolute Gasteiger partial charge is 0.357 e. The highest BCUT2D eigenvalue weighted by Crippen LogP contribution is 2.03. The molecule has 136 valence electrons. The highest BCUT2D eigenvalue weighted by Gasteiger charge is 2.12. The Labute approximate surface area is 143 Å². The first-order chi connectivity index (χ1) is 11.1. The Morgan fingerprint density at radius 1 is 1.04 bits per heavy atom. The third kappa shape index (κ3) is 10.6. The van der Waals surface area contributed by atoms with Crippen molar-refractivity contribution in [1.29, 1.82) is 0 Å². The van der Waals surface area contributed by atoms with Gasteiger partial charge < -0.3 is 20.4 Å². The normalized spacial score (nSPS) is 17.7. The summed E-state index contributed by atoms with van der Waals surface area (Å²) in [6.07, 6.45) is 4.91. The van der Waals surface area contributed by atoms with Crippen LogP contribution in [0.15, 0.2) is 4.99 Å². The standard InChI is InChI=1S/C18H39N5/c1-5-19-18(21-11-8-9-17(2)3)20-10-6-7-12-23-15-13-22(4)14-16-23/h17H,5-16H2,1-4H3,(H2,19,20,21). The van der Waals surface area contributed by atoms with Crippen LogP contribution in [0.2, 0.25) is 0 Å². The van der Waals surface area contributed by atoms with E-state index in [0.717, 1.165) is 31.5 Å². The number of likely N-dealkylation sites (N-methyl/N-ethyl adjacent to an activating group) is 1. The minimum atomic E-state index is 0.773. The number of hydrogen-bond donors (Lipinski definition) is 2. The molecule has 0 aromatic carbocycles. The number of nitrogens with one attached hydrogen (secondary N) is 2. The number of nitrogens with zero attached hydrogens (tertiary/aromatic N) is 3. The Morgan fingerprint density at radius 3 is 2.43 bits per heavy atom. The number of piperazine rings is 1. The highest BCUT2D eigenvalue weighted by atomic mass is 15.2. The lowest BCUT2D eigenvalue weighted by atomic mass is 10.1. The maximum absolute atomic E-state index is 4.66. The van der Waals surface area contributed by atoms with Crippen LogP contribution < -0.4 is 10.6 Å². The predicted molar refractivity (Wildman–Crippen MR) is 101 cm³/mol. The molecule has 0 unspecified atom stereocenters. The van der Waals surface area contributed by atoms with Crippen molar-refractivity contribution >= 4 is 5.96 Å². The zero-order chi connectivity index (χ0) is 16.9. The molecule has 0 aromatic heterocycles. The van der Waals surface area contributed by atoms with Gasteiger partial charge in [0.2, 0.25) is 0 Å². The molecule has 1 aliphatic rings. The summed E-state index contributed by atoms with van der Waals surface area (Å²) in [5.74, 6) is 1.76. The van der Waals surface area contributed by atoms with Gasteiger partial charge in [0.05, 0.1) is 0 Å². The Balaban J connectivity index is 2.08. The lowest BCUT2D eigenvalue weighted by Crippen LogP contribution is -2.44. The number of aliphatic imine (C=N–C) groups is 1. The van der Waals surface area contributed by atoms with E-state index in [9.17, 15) is 0 Å². The van der Waals surface area contributed by atoms with Crippen molar-refractivity contribution in [3.63, 3.8) is 0 Å². The molecule has 0 aliphatic carbocycles. The van der Waals surface area contributed by atoms with E-state index < -0.39 is 0 Å². The maximum atomic E-state index is 4.66. The first-order valence-corrected chi connectivity index (χ1v) is 9.55. The van der Waals surface area contributed by atoms with E-state index in [1.54, 1.807) is 0 Å². The smallest absolute Gasteiger partial charge is 0.191 e. The zero-order valence-electron chi connectivity index (χ0n) is 15.9. The Hall–Kier alpha value is -0.810. The summed E-state index contributed by atoms with van der Waals surface area (Å²) in [6, 6.07) is 0. The van der Waals surface area contributed by atoms with E-state index in [-0.39, 0.29) is 0 Å². The monoisotopic (exact) mass is 325 g/mol. The van der Waals surface area contributed by atoms with Crippen LogP contribution in [0.4, 0.5) is 0 Å². The van der Waals surface area contributed by atoms with Crippen LogP contribution >= 0.6 is 0 Å². The molecule has 0 atom stereocenters. The molecule has 0 amide bonds. The average Bonchev–Trinajstić information content (AvgIpc) is 2.52. The van der Waals surface area contributed by atoms with E-state index >= 15 is 0 Å². The summed E-state index contributed by atoms with van der Waals surface area (Å²) in [5, 5.41) is 6.80. The molecule has 1 aliphatic heterocycles. The summed E-state index contributed by atoms with van der Waals surface area (Å²) in [4.78, 5) is 9.66. The van der Waals surface area contributed by atoms with Gasteiger partial charge in [-0.1, -0.05) is 13.8 Å². The molecule has 0 bridgehead atoms. The van der Waals surface area contributed by atoms with Crippen molar-refractivity contribution in [3.8, 4) is 0 Å². The molecule has 0 radical (unpaired) electrons. The Morgan fingerprint density at radius 2 is 1.78 bits per heavy atom. The molecular weight excluding hydrogens is 286 g/mol. The first-order valence-electron chi connectivity index (χ1n) is 9.55.